The predicted octanol–water partition coefficient (Wildman–Crippen LogP) is -0.220. The number of pyridine rings is 1. The summed E-state index contributed by atoms with van der Waals surface area (Å²) in [5.74, 6) is -2.66. The Balaban J connectivity index is 1.31. The van der Waals surface area contributed by atoms with Gasteiger partial charge in [0.1, 0.15) is 11.9 Å². The van der Waals surface area contributed by atoms with E-state index >= 15 is 0 Å². The third-order valence-electron chi connectivity index (χ3n) is 5.46. The maximum atomic E-state index is 13.0. The zero-order valence-corrected chi connectivity index (χ0v) is 17.9. The Hall–Kier alpha value is -2.95. The lowest BCUT2D eigenvalue weighted by molar-refractivity contribution is -0.213. The van der Waals surface area contributed by atoms with E-state index in [-0.39, 0.29) is 25.6 Å². The van der Waals surface area contributed by atoms with Gasteiger partial charge in [0.25, 0.3) is 0 Å². The molecule has 2 saturated heterocycles. The van der Waals surface area contributed by atoms with Gasteiger partial charge >= 0.3 is 6.18 Å². The number of rotatable bonds is 8. The number of alkyl halides is 3. The standard InChI is InChI=1S/C20H26F3N7O3/c21-20(22,23)18-15(12-27-28-19(18)32)33-9-1-4-25-13-17(31)30-7-5-29(6-8-30)16-3-2-14(10-24)11-26-16/h2-3,11,15,18,25,27H,1,4-9,12-13H2,(H,28,32). The lowest BCUT2D eigenvalue weighted by Crippen LogP contribution is -2.60. The van der Waals surface area contributed by atoms with E-state index in [0.717, 1.165) is 5.82 Å². The molecule has 3 heterocycles. The summed E-state index contributed by atoms with van der Waals surface area (Å²) in [5.41, 5.74) is 4.87. The van der Waals surface area contributed by atoms with Gasteiger partial charge in [-0.05, 0) is 25.1 Å². The highest BCUT2D eigenvalue weighted by molar-refractivity contribution is 5.80. The van der Waals surface area contributed by atoms with Crippen molar-refractivity contribution >= 4 is 17.6 Å². The molecule has 0 radical (unpaired) electrons. The molecule has 180 valence electrons. The van der Waals surface area contributed by atoms with E-state index in [1.54, 1.807) is 17.0 Å². The molecule has 0 spiro atoms. The minimum Gasteiger partial charge on any atom is -0.376 e. The fourth-order valence-electron chi connectivity index (χ4n) is 3.68. The summed E-state index contributed by atoms with van der Waals surface area (Å²) >= 11 is 0. The Morgan fingerprint density at radius 2 is 2.06 bits per heavy atom. The van der Waals surface area contributed by atoms with E-state index < -0.39 is 24.1 Å². The first kappa shape index (κ1) is 24.7. The van der Waals surface area contributed by atoms with E-state index in [4.69, 9.17) is 10.00 Å². The lowest BCUT2D eigenvalue weighted by Gasteiger charge is -2.35. The number of amides is 2. The SMILES string of the molecule is N#Cc1ccc(N2CCN(C(=O)CNCCCOC3CNNC(=O)C3C(F)(F)F)CC2)nc1. The van der Waals surface area contributed by atoms with Crippen LogP contribution in [-0.4, -0.2) is 86.4 Å². The number of nitriles is 1. The highest BCUT2D eigenvalue weighted by Crippen LogP contribution is 2.31. The van der Waals surface area contributed by atoms with E-state index in [9.17, 15) is 22.8 Å². The number of hydrogen-bond acceptors (Lipinski definition) is 8. The fraction of sp³-hybridized carbons (Fsp3) is 0.600. The van der Waals surface area contributed by atoms with Gasteiger partial charge in [-0.1, -0.05) is 0 Å². The molecule has 2 atom stereocenters. The number of hydrogen-bond donors (Lipinski definition) is 3. The van der Waals surface area contributed by atoms with Gasteiger partial charge in [-0.15, -0.1) is 0 Å². The molecule has 0 aromatic carbocycles. The van der Waals surface area contributed by atoms with Gasteiger partial charge in [0.2, 0.25) is 11.8 Å². The average molecular weight is 469 g/mol. The van der Waals surface area contributed by atoms with Crippen molar-refractivity contribution < 1.29 is 27.5 Å². The number of nitrogens with zero attached hydrogens (tertiary/aromatic N) is 4. The summed E-state index contributed by atoms with van der Waals surface area (Å²) in [6.07, 6.45) is -4.05. The first-order valence-electron chi connectivity index (χ1n) is 10.6. The summed E-state index contributed by atoms with van der Waals surface area (Å²) in [4.78, 5) is 31.9. The molecule has 2 aliphatic rings. The minimum absolute atomic E-state index is 0.0314. The average Bonchev–Trinajstić information content (AvgIpc) is 2.80. The fourth-order valence-corrected chi connectivity index (χ4v) is 3.68. The Morgan fingerprint density at radius 3 is 2.70 bits per heavy atom. The number of hydrazine groups is 1. The molecule has 3 N–H and O–H groups in total. The molecule has 1 aromatic heterocycles. The second-order valence-corrected chi connectivity index (χ2v) is 7.71. The van der Waals surface area contributed by atoms with Crippen LogP contribution in [0.4, 0.5) is 19.0 Å². The summed E-state index contributed by atoms with van der Waals surface area (Å²) in [6.45, 7) is 2.75. The molecule has 2 unspecified atom stereocenters. The third kappa shape index (κ3) is 6.77. The molecule has 0 bridgehead atoms. The van der Waals surface area contributed by atoms with E-state index in [1.807, 2.05) is 16.4 Å². The topological polar surface area (TPSA) is 123 Å². The number of anilines is 1. The van der Waals surface area contributed by atoms with Gasteiger partial charge in [-0.3, -0.25) is 15.0 Å². The first-order valence-corrected chi connectivity index (χ1v) is 10.6. The van der Waals surface area contributed by atoms with Crippen LogP contribution in [0, 0.1) is 17.2 Å². The number of ether oxygens (including phenoxy) is 1. The largest absolute Gasteiger partial charge is 0.403 e. The van der Waals surface area contributed by atoms with Crippen LogP contribution in [0.25, 0.3) is 0 Å². The number of carbonyl (C=O) groups excluding carboxylic acids is 2. The van der Waals surface area contributed by atoms with E-state index in [0.29, 0.717) is 44.7 Å². The molecule has 1 aromatic rings. The van der Waals surface area contributed by atoms with Crippen LogP contribution in [0.15, 0.2) is 18.3 Å². The Kier molecular flexibility index (Phi) is 8.43. The molecule has 13 heteroatoms. The smallest absolute Gasteiger partial charge is 0.376 e. The number of halogens is 3. The molecular weight excluding hydrogens is 443 g/mol. The van der Waals surface area contributed by atoms with Gasteiger partial charge in [0, 0.05) is 45.5 Å². The number of nitrogens with one attached hydrogen (secondary N) is 3. The normalized spacial score (nSPS) is 21.5. The summed E-state index contributed by atoms with van der Waals surface area (Å²) in [6, 6.07) is 5.51. The number of carbonyl (C=O) groups is 2. The highest BCUT2D eigenvalue weighted by Gasteiger charge is 2.51. The van der Waals surface area contributed by atoms with Gasteiger partial charge < -0.3 is 19.9 Å². The zero-order chi connectivity index (χ0) is 23.8. The van der Waals surface area contributed by atoms with E-state index in [1.165, 1.54) is 6.20 Å². The number of piperazine rings is 1. The van der Waals surface area contributed by atoms with Gasteiger partial charge in [0.05, 0.1) is 18.2 Å². The van der Waals surface area contributed by atoms with Crippen LogP contribution < -0.4 is 21.1 Å². The van der Waals surface area contributed by atoms with Crippen molar-refractivity contribution in [2.24, 2.45) is 5.92 Å². The summed E-state index contributed by atoms with van der Waals surface area (Å²) < 4.78 is 44.4. The van der Waals surface area contributed by atoms with Crippen LogP contribution >= 0.6 is 0 Å². The molecule has 0 saturated carbocycles. The highest BCUT2D eigenvalue weighted by atomic mass is 19.4. The number of aromatic nitrogens is 1. The summed E-state index contributed by atoms with van der Waals surface area (Å²) in [5, 5.41) is 11.8. The van der Waals surface area contributed by atoms with Crippen molar-refractivity contribution in [1.29, 1.82) is 5.26 Å². The predicted molar refractivity (Wildman–Crippen MR) is 111 cm³/mol. The third-order valence-corrected chi connectivity index (χ3v) is 5.46. The first-order chi connectivity index (χ1) is 15.8. The molecule has 2 aliphatic heterocycles. The summed E-state index contributed by atoms with van der Waals surface area (Å²) in [7, 11) is 0. The molecular formula is C20H26F3N7O3. The monoisotopic (exact) mass is 469 g/mol. The molecule has 2 fully saturated rings. The van der Waals surface area contributed by atoms with Crippen molar-refractivity contribution in [3.8, 4) is 6.07 Å². The molecule has 10 nitrogen and oxygen atoms in total. The molecule has 33 heavy (non-hydrogen) atoms. The van der Waals surface area contributed by atoms with Crippen LogP contribution in [0.5, 0.6) is 0 Å². The van der Waals surface area contributed by atoms with Crippen molar-refractivity contribution in [2.45, 2.75) is 18.7 Å². The Labute approximate surface area is 189 Å². The quantitative estimate of drug-likeness (QED) is 0.447. The van der Waals surface area contributed by atoms with E-state index in [2.05, 4.69) is 15.7 Å². The van der Waals surface area contributed by atoms with Gasteiger partial charge in [0.15, 0.2) is 5.92 Å². The van der Waals surface area contributed by atoms with Crippen LogP contribution in [0.1, 0.15) is 12.0 Å². The molecule has 2 amide bonds. The van der Waals surface area contributed by atoms with Crippen LogP contribution in [0.3, 0.4) is 0 Å². The van der Waals surface area contributed by atoms with Crippen molar-refractivity contribution in [1.82, 2.24) is 26.1 Å². The maximum Gasteiger partial charge on any atom is 0.403 e. The van der Waals surface area contributed by atoms with Gasteiger partial charge in [-0.2, -0.15) is 18.4 Å². The van der Waals surface area contributed by atoms with Crippen molar-refractivity contribution in [3.63, 3.8) is 0 Å². The molecule has 0 aliphatic carbocycles. The second kappa shape index (κ2) is 11.3. The van der Waals surface area contributed by atoms with Crippen LogP contribution in [0.2, 0.25) is 0 Å². The lowest BCUT2D eigenvalue weighted by atomic mass is 9.99. The zero-order valence-electron chi connectivity index (χ0n) is 17.9. The minimum atomic E-state index is -4.68. The van der Waals surface area contributed by atoms with Crippen molar-refractivity contribution in [3.05, 3.63) is 23.9 Å². The van der Waals surface area contributed by atoms with Gasteiger partial charge in [-0.25, -0.2) is 10.4 Å². The van der Waals surface area contributed by atoms with Crippen LogP contribution in [-0.2, 0) is 14.3 Å². The Morgan fingerprint density at radius 1 is 1.30 bits per heavy atom. The molecule has 3 rings (SSSR count). The Bertz CT molecular complexity index is 852. The second-order valence-electron chi connectivity index (χ2n) is 7.71. The maximum absolute atomic E-state index is 13.0. The van der Waals surface area contributed by atoms with Crippen molar-refractivity contribution in [2.75, 3.05) is 57.3 Å².